The third-order valence-corrected chi connectivity index (χ3v) is 3.85. The van der Waals surface area contributed by atoms with E-state index in [2.05, 4.69) is 74.0 Å². The van der Waals surface area contributed by atoms with Crippen LogP contribution in [0.25, 0.3) is 11.1 Å². The summed E-state index contributed by atoms with van der Waals surface area (Å²) in [7, 11) is 0. The van der Waals surface area contributed by atoms with Gasteiger partial charge >= 0.3 is 0 Å². The minimum Gasteiger partial charge on any atom is -0.0563 e. The topological polar surface area (TPSA) is 0 Å². The van der Waals surface area contributed by atoms with Gasteiger partial charge < -0.3 is 0 Å². The lowest BCUT2D eigenvalue weighted by molar-refractivity contribution is 1.34. The quantitative estimate of drug-likeness (QED) is 0.664. The van der Waals surface area contributed by atoms with Crippen LogP contribution >= 0.6 is 15.9 Å². The SMILES string of the molecule is Cc1cc(C)cc(-c2cc(C)cc(Br)c2C)c1. The standard InChI is InChI=1S/C16H17Br/c1-10-5-11(2)7-14(6-10)15-8-12(3)9-16(17)13(15)4/h5-9H,1-4H3. The van der Waals surface area contributed by atoms with Crippen LogP contribution in [0.15, 0.2) is 34.8 Å². The average molecular weight is 289 g/mol. The van der Waals surface area contributed by atoms with Crippen LogP contribution in [0.3, 0.4) is 0 Å². The molecule has 88 valence electrons. The average Bonchev–Trinajstić information content (AvgIpc) is 2.22. The predicted octanol–water partition coefficient (Wildman–Crippen LogP) is 5.35. The lowest BCUT2D eigenvalue weighted by Crippen LogP contribution is -1.89. The largest absolute Gasteiger partial charge is 0.0563 e. The zero-order chi connectivity index (χ0) is 12.6. The van der Waals surface area contributed by atoms with Gasteiger partial charge in [0.1, 0.15) is 0 Å². The van der Waals surface area contributed by atoms with Crippen LogP contribution in [0.1, 0.15) is 22.3 Å². The van der Waals surface area contributed by atoms with Gasteiger partial charge in [0, 0.05) is 4.47 Å². The molecule has 0 amide bonds. The molecule has 17 heavy (non-hydrogen) atoms. The zero-order valence-electron chi connectivity index (χ0n) is 10.8. The van der Waals surface area contributed by atoms with Gasteiger partial charge in [0.2, 0.25) is 0 Å². The zero-order valence-corrected chi connectivity index (χ0v) is 12.4. The van der Waals surface area contributed by atoms with Crippen molar-refractivity contribution in [2.75, 3.05) is 0 Å². The maximum atomic E-state index is 3.63. The maximum absolute atomic E-state index is 3.63. The van der Waals surface area contributed by atoms with E-state index in [1.807, 2.05) is 0 Å². The molecule has 1 heteroatoms. The molecule has 0 radical (unpaired) electrons. The summed E-state index contributed by atoms with van der Waals surface area (Å²) in [5.74, 6) is 0. The van der Waals surface area contributed by atoms with E-state index in [1.165, 1.54) is 37.9 Å². The summed E-state index contributed by atoms with van der Waals surface area (Å²) in [5.41, 5.74) is 7.86. The smallest absolute Gasteiger partial charge is 0.0213 e. The number of halogens is 1. The van der Waals surface area contributed by atoms with Gasteiger partial charge in [-0.25, -0.2) is 0 Å². The maximum Gasteiger partial charge on any atom is 0.0213 e. The van der Waals surface area contributed by atoms with Gasteiger partial charge in [0.25, 0.3) is 0 Å². The van der Waals surface area contributed by atoms with Crippen molar-refractivity contribution in [3.05, 3.63) is 57.1 Å². The van der Waals surface area contributed by atoms with Crippen molar-refractivity contribution in [2.45, 2.75) is 27.7 Å². The molecule has 0 atom stereocenters. The number of hydrogen-bond acceptors (Lipinski definition) is 0. The molecule has 0 aliphatic carbocycles. The Morgan fingerprint density at radius 3 is 1.82 bits per heavy atom. The van der Waals surface area contributed by atoms with E-state index in [1.54, 1.807) is 0 Å². The fourth-order valence-corrected chi connectivity index (χ4v) is 2.82. The van der Waals surface area contributed by atoms with Gasteiger partial charge in [-0.15, -0.1) is 0 Å². The summed E-state index contributed by atoms with van der Waals surface area (Å²) >= 11 is 3.63. The first-order valence-corrected chi connectivity index (χ1v) is 6.62. The molecule has 2 aromatic rings. The number of hydrogen-bond donors (Lipinski definition) is 0. The van der Waals surface area contributed by atoms with Crippen LogP contribution < -0.4 is 0 Å². The third kappa shape index (κ3) is 2.61. The number of aryl methyl sites for hydroxylation is 3. The predicted molar refractivity (Wildman–Crippen MR) is 78.5 cm³/mol. The Labute approximate surface area is 112 Å². The molecule has 0 bridgehead atoms. The Morgan fingerprint density at radius 2 is 1.24 bits per heavy atom. The van der Waals surface area contributed by atoms with Crippen molar-refractivity contribution in [2.24, 2.45) is 0 Å². The fourth-order valence-electron chi connectivity index (χ4n) is 2.24. The molecule has 0 saturated carbocycles. The first kappa shape index (κ1) is 12.4. The number of rotatable bonds is 1. The second-order valence-electron chi connectivity index (χ2n) is 4.80. The highest BCUT2D eigenvalue weighted by Crippen LogP contribution is 2.31. The first-order chi connectivity index (χ1) is 7.97. The molecule has 2 aromatic carbocycles. The molecule has 0 spiro atoms. The molecule has 0 aliphatic rings. The second-order valence-corrected chi connectivity index (χ2v) is 5.65. The molecular formula is C16H17Br. The van der Waals surface area contributed by atoms with Crippen LogP contribution in [-0.2, 0) is 0 Å². The summed E-state index contributed by atoms with van der Waals surface area (Å²) < 4.78 is 1.19. The lowest BCUT2D eigenvalue weighted by Gasteiger charge is -2.11. The highest BCUT2D eigenvalue weighted by Gasteiger charge is 2.07. The summed E-state index contributed by atoms with van der Waals surface area (Å²) in [5, 5.41) is 0. The van der Waals surface area contributed by atoms with Crippen LogP contribution in [0.5, 0.6) is 0 Å². The molecule has 0 nitrogen and oxygen atoms in total. The van der Waals surface area contributed by atoms with E-state index in [0.29, 0.717) is 0 Å². The van der Waals surface area contributed by atoms with Gasteiger partial charge in [-0.3, -0.25) is 0 Å². The van der Waals surface area contributed by atoms with E-state index in [-0.39, 0.29) is 0 Å². The van der Waals surface area contributed by atoms with Gasteiger partial charge in [-0.1, -0.05) is 51.3 Å². The summed E-state index contributed by atoms with van der Waals surface area (Å²) in [6.45, 7) is 8.60. The van der Waals surface area contributed by atoms with E-state index >= 15 is 0 Å². The molecular weight excluding hydrogens is 272 g/mol. The molecule has 0 fully saturated rings. The molecule has 2 rings (SSSR count). The minimum absolute atomic E-state index is 1.19. The van der Waals surface area contributed by atoms with Crippen molar-refractivity contribution in [3.63, 3.8) is 0 Å². The van der Waals surface area contributed by atoms with Gasteiger partial charge in [-0.05, 0) is 56.0 Å². The summed E-state index contributed by atoms with van der Waals surface area (Å²) in [6.07, 6.45) is 0. The van der Waals surface area contributed by atoms with Crippen LogP contribution in [0.2, 0.25) is 0 Å². The summed E-state index contributed by atoms with van der Waals surface area (Å²) in [4.78, 5) is 0. The molecule has 0 heterocycles. The van der Waals surface area contributed by atoms with Gasteiger partial charge in [-0.2, -0.15) is 0 Å². The van der Waals surface area contributed by atoms with Gasteiger partial charge in [0.05, 0.1) is 0 Å². The molecule has 0 saturated heterocycles. The van der Waals surface area contributed by atoms with E-state index in [9.17, 15) is 0 Å². The Balaban J connectivity index is 2.67. The third-order valence-electron chi connectivity index (χ3n) is 3.02. The highest BCUT2D eigenvalue weighted by molar-refractivity contribution is 9.10. The summed E-state index contributed by atoms with van der Waals surface area (Å²) in [6, 6.07) is 11.1. The fraction of sp³-hybridized carbons (Fsp3) is 0.250. The molecule has 0 unspecified atom stereocenters. The van der Waals surface area contributed by atoms with Crippen molar-refractivity contribution < 1.29 is 0 Å². The Morgan fingerprint density at radius 1 is 0.706 bits per heavy atom. The van der Waals surface area contributed by atoms with Gasteiger partial charge in [0.15, 0.2) is 0 Å². The van der Waals surface area contributed by atoms with Crippen molar-refractivity contribution in [3.8, 4) is 11.1 Å². The monoisotopic (exact) mass is 288 g/mol. The van der Waals surface area contributed by atoms with E-state index in [4.69, 9.17) is 0 Å². The van der Waals surface area contributed by atoms with Crippen molar-refractivity contribution >= 4 is 15.9 Å². The Hall–Kier alpha value is -1.08. The highest BCUT2D eigenvalue weighted by atomic mass is 79.9. The lowest BCUT2D eigenvalue weighted by atomic mass is 9.96. The Kier molecular flexibility index (Phi) is 3.39. The van der Waals surface area contributed by atoms with Crippen LogP contribution in [-0.4, -0.2) is 0 Å². The van der Waals surface area contributed by atoms with Crippen LogP contribution in [0.4, 0.5) is 0 Å². The van der Waals surface area contributed by atoms with Crippen molar-refractivity contribution in [1.29, 1.82) is 0 Å². The minimum atomic E-state index is 1.19. The molecule has 0 N–H and O–H groups in total. The van der Waals surface area contributed by atoms with E-state index in [0.717, 1.165) is 0 Å². The van der Waals surface area contributed by atoms with Crippen LogP contribution in [0, 0.1) is 27.7 Å². The van der Waals surface area contributed by atoms with Crippen molar-refractivity contribution in [1.82, 2.24) is 0 Å². The first-order valence-electron chi connectivity index (χ1n) is 5.83. The Bertz CT molecular complexity index is 548. The molecule has 0 aromatic heterocycles. The molecule has 0 aliphatic heterocycles. The second kappa shape index (κ2) is 4.66. The number of benzene rings is 2. The van der Waals surface area contributed by atoms with E-state index < -0.39 is 0 Å². The normalized spacial score (nSPS) is 10.6.